The molecule has 4 amide bonds. The molecule has 1 heterocycles. The van der Waals surface area contributed by atoms with Gasteiger partial charge in [-0.3, -0.25) is 14.5 Å². The van der Waals surface area contributed by atoms with Crippen LogP contribution in [-0.2, 0) is 0 Å². The molecule has 0 fully saturated rings. The molecule has 0 saturated heterocycles. The molecule has 2 aromatic carbocycles. The molecule has 0 saturated carbocycles. The van der Waals surface area contributed by atoms with Crippen molar-refractivity contribution in [2.75, 3.05) is 10.6 Å². The Balaban J connectivity index is 1.77. The average Bonchev–Trinajstić information content (AvgIpc) is 2.78. The molecule has 0 bridgehead atoms. The minimum Gasteiger partial charge on any atom is -0.308 e. The van der Waals surface area contributed by atoms with Crippen molar-refractivity contribution in [2.24, 2.45) is 0 Å². The van der Waals surface area contributed by atoms with Crippen LogP contribution in [-0.4, -0.2) is 28.8 Å². The molecule has 6 heteroatoms. The smallest absolute Gasteiger partial charge is 0.308 e. The van der Waals surface area contributed by atoms with Crippen LogP contribution >= 0.6 is 0 Å². The number of anilines is 2. The number of benzene rings is 2. The predicted octanol–water partition coefficient (Wildman–Crippen LogP) is 3.64. The van der Waals surface area contributed by atoms with Crippen molar-refractivity contribution in [3.8, 4) is 0 Å². The lowest BCUT2D eigenvalue weighted by molar-refractivity contribution is 0.0609. The van der Waals surface area contributed by atoms with E-state index in [9.17, 15) is 14.4 Å². The summed E-state index contributed by atoms with van der Waals surface area (Å²) in [5.41, 5.74) is 2.84. The maximum atomic E-state index is 12.4. The highest BCUT2D eigenvalue weighted by Gasteiger charge is 2.37. The zero-order chi connectivity index (χ0) is 18.1. The van der Waals surface area contributed by atoms with E-state index in [1.807, 2.05) is 25.1 Å². The van der Waals surface area contributed by atoms with Crippen LogP contribution in [0.15, 0.2) is 42.5 Å². The van der Waals surface area contributed by atoms with Crippen molar-refractivity contribution in [2.45, 2.75) is 26.8 Å². The first-order valence-corrected chi connectivity index (χ1v) is 8.03. The lowest BCUT2D eigenvalue weighted by atomic mass is 10.1. The summed E-state index contributed by atoms with van der Waals surface area (Å²) >= 11 is 0. The fourth-order valence-corrected chi connectivity index (χ4v) is 2.82. The molecule has 0 aromatic heterocycles. The Hall–Kier alpha value is -3.15. The van der Waals surface area contributed by atoms with E-state index in [-0.39, 0.29) is 17.9 Å². The second-order valence-electron chi connectivity index (χ2n) is 6.28. The van der Waals surface area contributed by atoms with E-state index in [4.69, 9.17) is 0 Å². The summed E-state index contributed by atoms with van der Waals surface area (Å²) in [5.74, 6) is -0.636. The van der Waals surface area contributed by atoms with Crippen molar-refractivity contribution in [3.63, 3.8) is 0 Å². The Morgan fingerprint density at radius 3 is 2.20 bits per heavy atom. The Morgan fingerprint density at radius 1 is 0.920 bits per heavy atom. The minimum absolute atomic E-state index is 0.214. The van der Waals surface area contributed by atoms with Crippen molar-refractivity contribution in [1.82, 2.24) is 4.90 Å². The zero-order valence-corrected chi connectivity index (χ0v) is 14.3. The van der Waals surface area contributed by atoms with Gasteiger partial charge in [0.1, 0.15) is 0 Å². The van der Waals surface area contributed by atoms with Gasteiger partial charge in [-0.25, -0.2) is 4.79 Å². The largest absolute Gasteiger partial charge is 0.323 e. The second kappa shape index (κ2) is 6.39. The van der Waals surface area contributed by atoms with Gasteiger partial charge in [0.25, 0.3) is 11.8 Å². The summed E-state index contributed by atoms with van der Waals surface area (Å²) < 4.78 is 0. The van der Waals surface area contributed by atoms with Crippen LogP contribution in [0.3, 0.4) is 0 Å². The topological polar surface area (TPSA) is 78.5 Å². The molecule has 6 nitrogen and oxygen atoms in total. The van der Waals surface area contributed by atoms with Crippen LogP contribution in [0.5, 0.6) is 0 Å². The van der Waals surface area contributed by atoms with E-state index < -0.39 is 6.03 Å². The number of amides is 4. The number of fused-ring (bicyclic) bond motifs is 1. The Kier molecular flexibility index (Phi) is 4.27. The zero-order valence-electron chi connectivity index (χ0n) is 14.3. The summed E-state index contributed by atoms with van der Waals surface area (Å²) in [4.78, 5) is 38.0. The summed E-state index contributed by atoms with van der Waals surface area (Å²) in [6.07, 6.45) is 0. The number of nitrogens with one attached hydrogen (secondary N) is 2. The average molecular weight is 337 g/mol. The summed E-state index contributed by atoms with van der Waals surface area (Å²) in [7, 11) is 0. The normalized spacial score (nSPS) is 13.2. The Morgan fingerprint density at radius 2 is 1.56 bits per heavy atom. The third-order valence-corrected chi connectivity index (χ3v) is 3.97. The van der Waals surface area contributed by atoms with Gasteiger partial charge in [-0.1, -0.05) is 12.1 Å². The van der Waals surface area contributed by atoms with E-state index in [0.29, 0.717) is 22.5 Å². The number of urea groups is 1. The Bertz CT molecular complexity index is 874. The molecule has 0 spiro atoms. The van der Waals surface area contributed by atoms with Crippen molar-refractivity contribution in [3.05, 3.63) is 59.2 Å². The van der Waals surface area contributed by atoms with E-state index in [0.717, 1.165) is 5.56 Å². The molecular formula is C19H19N3O3. The molecule has 0 aliphatic carbocycles. The lowest BCUT2D eigenvalue weighted by Gasteiger charge is -2.17. The van der Waals surface area contributed by atoms with Gasteiger partial charge in [0.2, 0.25) is 0 Å². The molecule has 1 aliphatic heterocycles. The third-order valence-electron chi connectivity index (χ3n) is 3.97. The summed E-state index contributed by atoms with van der Waals surface area (Å²) in [5, 5.41) is 5.42. The molecule has 2 N–H and O–H groups in total. The van der Waals surface area contributed by atoms with Gasteiger partial charge in [0.15, 0.2) is 0 Å². The van der Waals surface area contributed by atoms with E-state index in [1.54, 1.807) is 32.0 Å². The van der Waals surface area contributed by atoms with Gasteiger partial charge in [-0.05, 0) is 56.7 Å². The fraction of sp³-hybridized carbons (Fsp3) is 0.211. The van der Waals surface area contributed by atoms with Crippen LogP contribution in [0.4, 0.5) is 16.2 Å². The maximum Gasteiger partial charge on any atom is 0.323 e. The van der Waals surface area contributed by atoms with Crippen molar-refractivity contribution >= 4 is 29.2 Å². The molecule has 0 radical (unpaired) electrons. The number of aryl methyl sites for hydroxylation is 1. The summed E-state index contributed by atoms with van der Waals surface area (Å²) in [6, 6.07) is 11.5. The maximum absolute atomic E-state index is 12.4. The quantitative estimate of drug-likeness (QED) is 0.839. The number of hydrogen-bond donors (Lipinski definition) is 2. The minimum atomic E-state index is -0.414. The first-order chi connectivity index (χ1) is 11.9. The van der Waals surface area contributed by atoms with Crippen LogP contribution < -0.4 is 10.6 Å². The molecule has 25 heavy (non-hydrogen) atoms. The molecule has 0 atom stereocenters. The first kappa shape index (κ1) is 16.7. The highest BCUT2D eigenvalue weighted by Crippen LogP contribution is 2.27. The third kappa shape index (κ3) is 3.24. The van der Waals surface area contributed by atoms with Gasteiger partial charge < -0.3 is 10.6 Å². The van der Waals surface area contributed by atoms with Crippen molar-refractivity contribution in [1.29, 1.82) is 0 Å². The van der Waals surface area contributed by atoms with Gasteiger partial charge in [0, 0.05) is 17.4 Å². The van der Waals surface area contributed by atoms with Gasteiger partial charge >= 0.3 is 6.03 Å². The van der Waals surface area contributed by atoms with E-state index >= 15 is 0 Å². The van der Waals surface area contributed by atoms with Crippen LogP contribution in [0.2, 0.25) is 0 Å². The molecule has 3 rings (SSSR count). The first-order valence-electron chi connectivity index (χ1n) is 8.03. The number of imide groups is 1. The number of rotatable bonds is 3. The van der Waals surface area contributed by atoms with Crippen LogP contribution in [0.1, 0.15) is 40.1 Å². The molecule has 128 valence electrons. The molecular weight excluding hydrogens is 318 g/mol. The fourth-order valence-electron chi connectivity index (χ4n) is 2.82. The predicted molar refractivity (Wildman–Crippen MR) is 95.9 cm³/mol. The standard InChI is InChI=1S/C19H19N3O3/c1-11(2)22-17(23)15-8-7-14(10-16(15)18(22)24)21-19(25)20-13-6-4-5-12(3)9-13/h4-11H,1-3H3,(H2,20,21,25). The van der Waals surface area contributed by atoms with E-state index in [1.165, 1.54) is 11.0 Å². The number of carbonyl (C=O) groups is 3. The Labute approximate surface area is 145 Å². The lowest BCUT2D eigenvalue weighted by Crippen LogP contribution is -2.35. The van der Waals surface area contributed by atoms with Gasteiger partial charge in [-0.2, -0.15) is 0 Å². The van der Waals surface area contributed by atoms with Gasteiger partial charge in [-0.15, -0.1) is 0 Å². The number of hydrogen-bond acceptors (Lipinski definition) is 3. The van der Waals surface area contributed by atoms with Gasteiger partial charge in [0.05, 0.1) is 11.1 Å². The molecule has 2 aromatic rings. The SMILES string of the molecule is Cc1cccc(NC(=O)Nc2ccc3c(c2)C(=O)N(C(C)C)C3=O)c1. The van der Waals surface area contributed by atoms with Crippen molar-refractivity contribution < 1.29 is 14.4 Å². The highest BCUT2D eigenvalue weighted by molar-refractivity contribution is 6.22. The van der Waals surface area contributed by atoms with Crippen LogP contribution in [0.25, 0.3) is 0 Å². The second-order valence-corrected chi connectivity index (χ2v) is 6.28. The summed E-state index contributed by atoms with van der Waals surface area (Å²) in [6.45, 7) is 5.51. The molecule has 1 aliphatic rings. The highest BCUT2D eigenvalue weighted by atomic mass is 16.2. The molecule has 0 unspecified atom stereocenters. The van der Waals surface area contributed by atoms with Crippen LogP contribution in [0, 0.1) is 6.92 Å². The van der Waals surface area contributed by atoms with E-state index in [2.05, 4.69) is 10.6 Å². The number of carbonyl (C=O) groups excluding carboxylic acids is 3. The number of nitrogens with zero attached hydrogens (tertiary/aromatic N) is 1. The monoisotopic (exact) mass is 337 g/mol.